The Morgan fingerprint density at radius 1 is 1.04 bits per heavy atom. The first-order chi connectivity index (χ1) is 12.5. The first kappa shape index (κ1) is 20.0. The Morgan fingerprint density at radius 2 is 1.69 bits per heavy atom. The molecule has 0 bridgehead atoms. The van der Waals surface area contributed by atoms with Crippen LogP contribution in [0.1, 0.15) is 50.3 Å². The average molecular weight is 355 g/mol. The number of benzene rings is 2. The molecule has 2 N–H and O–H groups in total. The van der Waals surface area contributed by atoms with Crippen LogP contribution in [0.2, 0.25) is 0 Å². The number of ether oxygens (including phenoxy) is 1. The van der Waals surface area contributed by atoms with E-state index < -0.39 is 5.92 Å². The maximum atomic E-state index is 12.6. The highest BCUT2D eigenvalue weighted by Gasteiger charge is 2.21. The SMILES string of the molecule is CCC(C)COc1ccc(C(CO)C(=O)NC(C)c2ccccc2)cc1. The minimum atomic E-state index is -0.593. The van der Waals surface area contributed by atoms with Crippen LogP contribution in [0.5, 0.6) is 5.75 Å². The lowest BCUT2D eigenvalue weighted by Gasteiger charge is -2.20. The van der Waals surface area contributed by atoms with E-state index >= 15 is 0 Å². The van der Waals surface area contributed by atoms with Crippen LogP contribution in [0.25, 0.3) is 0 Å². The average Bonchev–Trinajstić information content (AvgIpc) is 2.68. The summed E-state index contributed by atoms with van der Waals surface area (Å²) in [4.78, 5) is 12.6. The molecule has 3 atom stereocenters. The van der Waals surface area contributed by atoms with Crippen LogP contribution in [0.4, 0.5) is 0 Å². The fourth-order valence-corrected chi connectivity index (χ4v) is 2.63. The third kappa shape index (κ3) is 5.60. The number of rotatable bonds is 9. The van der Waals surface area contributed by atoms with E-state index in [4.69, 9.17) is 4.74 Å². The van der Waals surface area contributed by atoms with E-state index in [-0.39, 0.29) is 18.6 Å². The molecule has 0 saturated carbocycles. The first-order valence-electron chi connectivity index (χ1n) is 9.24. The largest absolute Gasteiger partial charge is 0.493 e. The standard InChI is InChI=1S/C22H29NO3/c1-4-16(2)15-26-20-12-10-19(11-13-20)21(14-24)22(25)23-17(3)18-8-6-5-7-9-18/h5-13,16-17,21,24H,4,14-15H2,1-3H3,(H,23,25). The van der Waals surface area contributed by atoms with Crippen molar-refractivity contribution in [1.29, 1.82) is 0 Å². The molecule has 0 aliphatic carbocycles. The van der Waals surface area contributed by atoms with Gasteiger partial charge in [0.25, 0.3) is 0 Å². The molecule has 0 aliphatic heterocycles. The molecule has 4 heteroatoms. The Balaban J connectivity index is 1.99. The van der Waals surface area contributed by atoms with Gasteiger partial charge < -0.3 is 15.2 Å². The molecular weight excluding hydrogens is 326 g/mol. The van der Waals surface area contributed by atoms with Gasteiger partial charge in [0, 0.05) is 0 Å². The Morgan fingerprint density at radius 3 is 2.27 bits per heavy atom. The predicted octanol–water partition coefficient (Wildman–Crippen LogP) is 4.06. The molecule has 2 aromatic rings. The second-order valence-electron chi connectivity index (χ2n) is 6.77. The van der Waals surface area contributed by atoms with Gasteiger partial charge in [0.15, 0.2) is 0 Å². The predicted molar refractivity (Wildman–Crippen MR) is 104 cm³/mol. The molecule has 1 amide bonds. The van der Waals surface area contributed by atoms with Crippen LogP contribution in [0.15, 0.2) is 54.6 Å². The van der Waals surface area contributed by atoms with Gasteiger partial charge >= 0.3 is 0 Å². The van der Waals surface area contributed by atoms with Crippen LogP contribution >= 0.6 is 0 Å². The lowest BCUT2D eigenvalue weighted by Crippen LogP contribution is -2.33. The van der Waals surface area contributed by atoms with Gasteiger partial charge in [0.05, 0.1) is 25.2 Å². The van der Waals surface area contributed by atoms with E-state index in [1.807, 2.05) is 61.5 Å². The normalized spacial score (nSPS) is 14.3. The van der Waals surface area contributed by atoms with E-state index in [9.17, 15) is 9.90 Å². The van der Waals surface area contributed by atoms with Crippen LogP contribution in [-0.4, -0.2) is 24.2 Å². The monoisotopic (exact) mass is 355 g/mol. The summed E-state index contributed by atoms with van der Waals surface area (Å²) >= 11 is 0. The summed E-state index contributed by atoms with van der Waals surface area (Å²) in [7, 11) is 0. The number of hydrogen-bond acceptors (Lipinski definition) is 3. The summed E-state index contributed by atoms with van der Waals surface area (Å²) in [6.07, 6.45) is 1.07. The molecule has 4 nitrogen and oxygen atoms in total. The van der Waals surface area contributed by atoms with Crippen molar-refractivity contribution >= 4 is 5.91 Å². The van der Waals surface area contributed by atoms with Crippen molar-refractivity contribution in [2.24, 2.45) is 5.92 Å². The van der Waals surface area contributed by atoms with Crippen LogP contribution in [0, 0.1) is 5.92 Å². The first-order valence-corrected chi connectivity index (χ1v) is 9.24. The van der Waals surface area contributed by atoms with Gasteiger partial charge in [-0.25, -0.2) is 0 Å². The number of carbonyl (C=O) groups excluding carboxylic acids is 1. The molecule has 0 heterocycles. The van der Waals surface area contributed by atoms with Crippen molar-refractivity contribution in [3.05, 3.63) is 65.7 Å². The Labute approximate surface area is 156 Å². The highest BCUT2D eigenvalue weighted by Crippen LogP contribution is 2.22. The molecule has 0 spiro atoms. The smallest absolute Gasteiger partial charge is 0.230 e. The van der Waals surface area contributed by atoms with Gasteiger partial charge in [0.1, 0.15) is 5.75 Å². The van der Waals surface area contributed by atoms with E-state index in [1.54, 1.807) is 0 Å². The fraction of sp³-hybridized carbons (Fsp3) is 0.409. The summed E-state index contributed by atoms with van der Waals surface area (Å²) in [5.74, 6) is 0.510. The zero-order chi connectivity index (χ0) is 18.9. The van der Waals surface area contributed by atoms with Crippen molar-refractivity contribution in [3.63, 3.8) is 0 Å². The summed E-state index contributed by atoms with van der Waals surface area (Å²) < 4.78 is 5.75. The molecule has 0 radical (unpaired) electrons. The minimum absolute atomic E-state index is 0.115. The fourth-order valence-electron chi connectivity index (χ4n) is 2.63. The van der Waals surface area contributed by atoms with Crippen molar-refractivity contribution in [2.75, 3.05) is 13.2 Å². The molecule has 0 aliphatic rings. The third-order valence-electron chi connectivity index (χ3n) is 4.67. The molecule has 2 aromatic carbocycles. The highest BCUT2D eigenvalue weighted by molar-refractivity contribution is 5.84. The van der Waals surface area contributed by atoms with Crippen molar-refractivity contribution in [2.45, 2.75) is 39.2 Å². The Kier molecular flexibility index (Phi) is 7.67. The van der Waals surface area contributed by atoms with E-state index in [0.29, 0.717) is 12.5 Å². The van der Waals surface area contributed by atoms with Crippen LogP contribution in [0.3, 0.4) is 0 Å². The van der Waals surface area contributed by atoms with E-state index in [2.05, 4.69) is 19.2 Å². The van der Waals surface area contributed by atoms with Gasteiger partial charge in [-0.1, -0.05) is 62.7 Å². The lowest BCUT2D eigenvalue weighted by atomic mass is 9.98. The second-order valence-corrected chi connectivity index (χ2v) is 6.77. The molecule has 3 unspecified atom stereocenters. The lowest BCUT2D eigenvalue weighted by molar-refractivity contribution is -0.124. The molecule has 0 fully saturated rings. The molecule has 140 valence electrons. The summed E-state index contributed by atoms with van der Waals surface area (Å²) in [5.41, 5.74) is 1.81. The topological polar surface area (TPSA) is 58.6 Å². The zero-order valence-electron chi connectivity index (χ0n) is 15.8. The second kappa shape index (κ2) is 9.97. The van der Waals surface area contributed by atoms with Gasteiger partial charge in [-0.2, -0.15) is 0 Å². The van der Waals surface area contributed by atoms with Crippen LogP contribution in [-0.2, 0) is 4.79 Å². The highest BCUT2D eigenvalue weighted by atomic mass is 16.5. The number of aliphatic hydroxyl groups is 1. The van der Waals surface area contributed by atoms with Gasteiger partial charge in [0.2, 0.25) is 5.91 Å². The maximum absolute atomic E-state index is 12.6. The number of carbonyl (C=O) groups is 1. The summed E-state index contributed by atoms with van der Waals surface area (Å²) in [6.45, 7) is 6.66. The Hall–Kier alpha value is -2.33. The minimum Gasteiger partial charge on any atom is -0.493 e. The molecule has 0 saturated heterocycles. The number of amides is 1. The Bertz CT molecular complexity index is 670. The molecule has 26 heavy (non-hydrogen) atoms. The van der Waals surface area contributed by atoms with E-state index in [0.717, 1.165) is 23.3 Å². The third-order valence-corrected chi connectivity index (χ3v) is 4.67. The molecule has 2 rings (SSSR count). The zero-order valence-corrected chi connectivity index (χ0v) is 15.8. The maximum Gasteiger partial charge on any atom is 0.230 e. The van der Waals surface area contributed by atoms with E-state index in [1.165, 1.54) is 0 Å². The van der Waals surface area contributed by atoms with Crippen molar-refractivity contribution in [1.82, 2.24) is 5.32 Å². The summed E-state index contributed by atoms with van der Waals surface area (Å²) in [5, 5.41) is 12.7. The van der Waals surface area contributed by atoms with Gasteiger partial charge in [-0.05, 0) is 36.1 Å². The number of aliphatic hydroxyl groups excluding tert-OH is 1. The quantitative estimate of drug-likeness (QED) is 0.713. The van der Waals surface area contributed by atoms with Crippen molar-refractivity contribution in [3.8, 4) is 5.75 Å². The molecule has 0 aromatic heterocycles. The number of nitrogens with one attached hydrogen (secondary N) is 1. The van der Waals surface area contributed by atoms with Crippen LogP contribution < -0.4 is 10.1 Å². The van der Waals surface area contributed by atoms with Gasteiger partial charge in [-0.15, -0.1) is 0 Å². The van der Waals surface area contributed by atoms with Gasteiger partial charge in [-0.3, -0.25) is 4.79 Å². The van der Waals surface area contributed by atoms with Crippen molar-refractivity contribution < 1.29 is 14.6 Å². The summed E-state index contributed by atoms with van der Waals surface area (Å²) in [6, 6.07) is 17.1. The molecular formula is C22H29NO3. The number of hydrogen-bond donors (Lipinski definition) is 2.